The van der Waals surface area contributed by atoms with Crippen molar-refractivity contribution in [3.8, 4) is 0 Å². The van der Waals surface area contributed by atoms with Gasteiger partial charge in [-0.1, -0.05) is 12.8 Å². The van der Waals surface area contributed by atoms with E-state index < -0.39 is 0 Å². The van der Waals surface area contributed by atoms with E-state index in [0.29, 0.717) is 12.3 Å². The summed E-state index contributed by atoms with van der Waals surface area (Å²) in [7, 11) is 0. The predicted octanol–water partition coefficient (Wildman–Crippen LogP) is 1.95. The lowest BCUT2D eigenvalue weighted by Crippen LogP contribution is -2.62. The molecule has 2 heterocycles. The Labute approximate surface area is 140 Å². The van der Waals surface area contributed by atoms with Gasteiger partial charge in [0.2, 0.25) is 5.91 Å². The van der Waals surface area contributed by atoms with Gasteiger partial charge in [0.1, 0.15) is 0 Å². The third-order valence-corrected chi connectivity index (χ3v) is 6.11. The maximum absolute atomic E-state index is 12.5. The number of nitrogens with zero attached hydrogens (tertiary/aromatic N) is 1. The minimum absolute atomic E-state index is 0.148. The first-order valence-electron chi connectivity index (χ1n) is 9.40. The molecule has 1 saturated carbocycles. The summed E-state index contributed by atoms with van der Waals surface area (Å²) in [6.07, 6.45) is 7.66. The van der Waals surface area contributed by atoms with Crippen molar-refractivity contribution in [2.24, 2.45) is 5.92 Å². The number of carbonyl (C=O) groups excluding carboxylic acids is 1. The molecule has 1 N–H and O–H groups in total. The molecule has 1 aliphatic carbocycles. The van der Waals surface area contributed by atoms with Crippen molar-refractivity contribution in [2.75, 3.05) is 39.5 Å². The van der Waals surface area contributed by atoms with E-state index in [0.717, 1.165) is 52.4 Å². The molecular weight excluding hydrogens is 292 g/mol. The molecular formula is C18H32N2O3. The first-order valence-corrected chi connectivity index (χ1v) is 9.40. The smallest absolute Gasteiger partial charge is 0.220 e. The highest BCUT2D eigenvalue weighted by Crippen LogP contribution is 2.38. The van der Waals surface area contributed by atoms with E-state index in [1.807, 2.05) is 0 Å². The molecule has 132 valence electrons. The first kappa shape index (κ1) is 17.2. The van der Waals surface area contributed by atoms with Gasteiger partial charge in [0, 0.05) is 44.3 Å². The molecule has 5 nitrogen and oxygen atoms in total. The zero-order valence-corrected chi connectivity index (χ0v) is 14.5. The standard InChI is InChI=1S/C18H32N2O3/c1-15(19-17(21)14-16-4-10-22-11-5-16)18(6-2-3-7-18)20-8-12-23-13-9-20/h15-16H,2-14H2,1H3,(H,19,21)/t15-/m0/s1. The lowest BCUT2D eigenvalue weighted by atomic mass is 9.86. The van der Waals surface area contributed by atoms with Gasteiger partial charge in [-0.05, 0) is 38.5 Å². The van der Waals surface area contributed by atoms with Gasteiger partial charge in [-0.25, -0.2) is 0 Å². The third kappa shape index (κ3) is 4.06. The molecule has 23 heavy (non-hydrogen) atoms. The van der Waals surface area contributed by atoms with Gasteiger partial charge in [0.25, 0.3) is 0 Å². The van der Waals surface area contributed by atoms with E-state index in [-0.39, 0.29) is 17.5 Å². The summed E-state index contributed by atoms with van der Waals surface area (Å²) in [4.78, 5) is 15.1. The Balaban J connectivity index is 1.57. The Morgan fingerprint density at radius 3 is 2.39 bits per heavy atom. The number of carbonyl (C=O) groups is 1. The summed E-state index contributed by atoms with van der Waals surface area (Å²) in [6.45, 7) is 7.48. The van der Waals surface area contributed by atoms with Gasteiger partial charge in [-0.3, -0.25) is 9.69 Å². The molecule has 5 heteroatoms. The molecule has 0 unspecified atom stereocenters. The molecule has 0 aromatic carbocycles. The fourth-order valence-electron chi connectivity index (χ4n) is 4.67. The number of morpholine rings is 1. The van der Waals surface area contributed by atoms with Crippen LogP contribution in [0.15, 0.2) is 0 Å². The van der Waals surface area contributed by atoms with Crippen LogP contribution in [-0.4, -0.2) is 61.9 Å². The van der Waals surface area contributed by atoms with E-state index in [1.54, 1.807) is 0 Å². The SMILES string of the molecule is C[C@H](NC(=O)CC1CCOCC1)C1(N2CCOCC2)CCCC1. The second-order valence-corrected chi connectivity index (χ2v) is 7.46. The van der Waals surface area contributed by atoms with Crippen molar-refractivity contribution in [1.82, 2.24) is 10.2 Å². The average molecular weight is 324 g/mol. The van der Waals surface area contributed by atoms with Crippen molar-refractivity contribution >= 4 is 5.91 Å². The highest BCUT2D eigenvalue weighted by atomic mass is 16.5. The molecule has 0 bridgehead atoms. The lowest BCUT2D eigenvalue weighted by molar-refractivity contribution is -0.125. The normalized spacial score (nSPS) is 27.7. The zero-order chi connectivity index (χ0) is 16.1. The fraction of sp³-hybridized carbons (Fsp3) is 0.944. The highest BCUT2D eigenvalue weighted by molar-refractivity contribution is 5.76. The van der Waals surface area contributed by atoms with Gasteiger partial charge in [0.05, 0.1) is 13.2 Å². The maximum atomic E-state index is 12.5. The van der Waals surface area contributed by atoms with Crippen LogP contribution in [0.3, 0.4) is 0 Å². The summed E-state index contributed by atoms with van der Waals surface area (Å²) >= 11 is 0. The molecule has 3 aliphatic rings. The molecule has 2 aliphatic heterocycles. The molecule has 3 rings (SSSR count). The lowest BCUT2D eigenvalue weighted by Gasteiger charge is -2.47. The second kappa shape index (κ2) is 7.95. The topological polar surface area (TPSA) is 50.8 Å². The van der Waals surface area contributed by atoms with E-state index in [1.165, 1.54) is 25.7 Å². The molecule has 0 radical (unpaired) electrons. The van der Waals surface area contributed by atoms with Gasteiger partial charge in [0.15, 0.2) is 0 Å². The van der Waals surface area contributed by atoms with Gasteiger partial charge in [-0.15, -0.1) is 0 Å². The van der Waals surface area contributed by atoms with E-state index in [4.69, 9.17) is 9.47 Å². The number of hydrogen-bond donors (Lipinski definition) is 1. The summed E-state index contributed by atoms with van der Waals surface area (Å²) in [6, 6.07) is 0.218. The quantitative estimate of drug-likeness (QED) is 0.840. The zero-order valence-electron chi connectivity index (χ0n) is 14.5. The summed E-state index contributed by atoms with van der Waals surface area (Å²) in [5.41, 5.74) is 0.148. The summed E-state index contributed by atoms with van der Waals surface area (Å²) in [5.74, 6) is 0.725. The van der Waals surface area contributed by atoms with Crippen molar-refractivity contribution in [2.45, 2.75) is 63.5 Å². The first-order chi connectivity index (χ1) is 11.2. The molecule has 0 spiro atoms. The number of hydrogen-bond acceptors (Lipinski definition) is 4. The van der Waals surface area contributed by atoms with Crippen molar-refractivity contribution in [1.29, 1.82) is 0 Å². The Morgan fingerprint density at radius 1 is 1.13 bits per heavy atom. The van der Waals surface area contributed by atoms with Crippen LogP contribution in [0.25, 0.3) is 0 Å². The van der Waals surface area contributed by atoms with E-state index in [9.17, 15) is 4.79 Å². The van der Waals surface area contributed by atoms with Crippen LogP contribution in [0, 0.1) is 5.92 Å². The Hall–Kier alpha value is -0.650. The van der Waals surface area contributed by atoms with Crippen LogP contribution in [0.2, 0.25) is 0 Å². The Bertz CT molecular complexity index is 384. The number of nitrogens with one attached hydrogen (secondary N) is 1. The van der Waals surface area contributed by atoms with Crippen molar-refractivity contribution in [3.63, 3.8) is 0 Å². The van der Waals surface area contributed by atoms with Gasteiger partial charge < -0.3 is 14.8 Å². The molecule has 1 atom stereocenters. The van der Waals surface area contributed by atoms with Gasteiger partial charge in [-0.2, -0.15) is 0 Å². The summed E-state index contributed by atoms with van der Waals surface area (Å²) in [5, 5.41) is 3.35. The fourth-order valence-corrected chi connectivity index (χ4v) is 4.67. The molecule has 1 amide bonds. The largest absolute Gasteiger partial charge is 0.381 e. The minimum atomic E-state index is 0.148. The van der Waals surface area contributed by atoms with Crippen LogP contribution in [0.4, 0.5) is 0 Å². The molecule has 0 aromatic rings. The average Bonchev–Trinajstić information content (AvgIpc) is 3.07. The Morgan fingerprint density at radius 2 is 1.74 bits per heavy atom. The van der Waals surface area contributed by atoms with Crippen molar-refractivity contribution < 1.29 is 14.3 Å². The van der Waals surface area contributed by atoms with E-state index >= 15 is 0 Å². The van der Waals surface area contributed by atoms with Crippen LogP contribution in [0.5, 0.6) is 0 Å². The van der Waals surface area contributed by atoms with Crippen LogP contribution in [0.1, 0.15) is 51.9 Å². The predicted molar refractivity (Wildman–Crippen MR) is 89.4 cm³/mol. The van der Waals surface area contributed by atoms with Crippen LogP contribution < -0.4 is 5.32 Å². The van der Waals surface area contributed by atoms with Crippen LogP contribution in [-0.2, 0) is 14.3 Å². The van der Waals surface area contributed by atoms with Gasteiger partial charge >= 0.3 is 0 Å². The maximum Gasteiger partial charge on any atom is 0.220 e. The number of amides is 1. The Kier molecular flexibility index (Phi) is 5.94. The molecule has 0 aromatic heterocycles. The highest BCUT2D eigenvalue weighted by Gasteiger charge is 2.45. The monoisotopic (exact) mass is 324 g/mol. The van der Waals surface area contributed by atoms with E-state index in [2.05, 4.69) is 17.1 Å². The summed E-state index contributed by atoms with van der Waals surface area (Å²) < 4.78 is 10.9. The third-order valence-electron chi connectivity index (χ3n) is 6.11. The van der Waals surface area contributed by atoms with Crippen molar-refractivity contribution in [3.05, 3.63) is 0 Å². The number of rotatable bonds is 5. The number of ether oxygens (including phenoxy) is 2. The minimum Gasteiger partial charge on any atom is -0.381 e. The molecule has 3 fully saturated rings. The van der Waals surface area contributed by atoms with Crippen LogP contribution >= 0.6 is 0 Å². The second-order valence-electron chi connectivity index (χ2n) is 7.46. The molecule has 2 saturated heterocycles.